The van der Waals surface area contributed by atoms with Gasteiger partial charge in [-0.25, -0.2) is 0 Å². The van der Waals surface area contributed by atoms with Crippen LogP contribution in [0.4, 0.5) is 0 Å². The van der Waals surface area contributed by atoms with Crippen molar-refractivity contribution in [1.82, 2.24) is 4.57 Å². The summed E-state index contributed by atoms with van der Waals surface area (Å²) in [6.45, 7) is 4.34. The van der Waals surface area contributed by atoms with E-state index in [0.29, 0.717) is 0 Å². The molecule has 188 valence electrons. The Bertz CT molecular complexity index is 2130. The molecule has 0 fully saturated rings. The number of hydrogen-bond acceptors (Lipinski definition) is 2. The Hall–Kier alpha value is -4.96. The third kappa shape index (κ3) is 2.91. The second-order valence-electron chi connectivity index (χ2n) is 11.1. The van der Waals surface area contributed by atoms with Crippen LogP contribution in [0.25, 0.3) is 38.3 Å². The van der Waals surface area contributed by atoms with Gasteiger partial charge in [-0.15, -0.1) is 0 Å². The molecule has 1 aromatic heterocycles. The highest BCUT2D eigenvalue weighted by molar-refractivity contribution is 6.99. The molecule has 4 heteroatoms. The summed E-state index contributed by atoms with van der Waals surface area (Å²) < 4.78 is 15.8. The first-order chi connectivity index (χ1) is 19.6. The first-order valence-corrected chi connectivity index (χ1v) is 13.8. The summed E-state index contributed by atoms with van der Waals surface area (Å²) in [5, 5.41) is 4.95. The molecule has 3 nitrogen and oxygen atoms in total. The summed E-state index contributed by atoms with van der Waals surface area (Å²) in [7, 11) is 0. The number of aromatic nitrogens is 1. The van der Waals surface area contributed by atoms with E-state index in [9.17, 15) is 0 Å². The SMILES string of the molecule is Cc1ccc2c(c1)c1cc(C)ccc1n2-c1cc2c3c(c1)Oc1ccc4ccccc4c1B3c1ccccc1O2. The van der Waals surface area contributed by atoms with Crippen LogP contribution in [0.1, 0.15) is 11.1 Å². The third-order valence-corrected chi connectivity index (χ3v) is 8.60. The molecule has 0 atom stereocenters. The molecule has 2 aliphatic rings. The maximum Gasteiger partial charge on any atom is 0.261 e. The first-order valence-electron chi connectivity index (χ1n) is 13.8. The van der Waals surface area contributed by atoms with Crippen LogP contribution in [0.3, 0.4) is 0 Å². The Morgan fingerprint density at radius 1 is 0.525 bits per heavy atom. The van der Waals surface area contributed by atoms with E-state index in [1.807, 2.05) is 0 Å². The van der Waals surface area contributed by atoms with E-state index in [4.69, 9.17) is 9.47 Å². The predicted octanol–water partition coefficient (Wildman–Crippen LogP) is 7.28. The fourth-order valence-electron chi connectivity index (χ4n) is 6.87. The van der Waals surface area contributed by atoms with Gasteiger partial charge in [0.15, 0.2) is 0 Å². The zero-order valence-corrected chi connectivity index (χ0v) is 22.2. The highest BCUT2D eigenvalue weighted by atomic mass is 16.5. The highest BCUT2D eigenvalue weighted by Crippen LogP contribution is 2.40. The molecule has 6 aromatic carbocycles. The van der Waals surface area contributed by atoms with Gasteiger partial charge in [-0.1, -0.05) is 71.8 Å². The maximum absolute atomic E-state index is 6.76. The van der Waals surface area contributed by atoms with Crippen molar-refractivity contribution in [1.29, 1.82) is 0 Å². The monoisotopic (exact) mass is 513 g/mol. The van der Waals surface area contributed by atoms with Crippen molar-refractivity contribution < 1.29 is 9.47 Å². The minimum atomic E-state index is 0.0299. The molecule has 0 N–H and O–H groups in total. The largest absolute Gasteiger partial charge is 0.458 e. The topological polar surface area (TPSA) is 23.4 Å². The van der Waals surface area contributed by atoms with Crippen LogP contribution in [0.5, 0.6) is 23.0 Å². The summed E-state index contributed by atoms with van der Waals surface area (Å²) in [4.78, 5) is 0. The van der Waals surface area contributed by atoms with Gasteiger partial charge >= 0.3 is 0 Å². The number of rotatable bonds is 1. The van der Waals surface area contributed by atoms with E-state index in [0.717, 1.165) is 34.1 Å². The van der Waals surface area contributed by atoms with Crippen LogP contribution in [0.2, 0.25) is 0 Å². The molecule has 9 rings (SSSR count). The number of fused-ring (bicyclic) bond motifs is 9. The molecule has 2 aliphatic heterocycles. The fourth-order valence-corrected chi connectivity index (χ4v) is 6.87. The molecular weight excluding hydrogens is 489 g/mol. The Balaban J connectivity index is 1.36. The quantitative estimate of drug-likeness (QED) is 0.215. The Morgan fingerprint density at radius 3 is 1.93 bits per heavy atom. The Morgan fingerprint density at radius 2 is 1.18 bits per heavy atom. The molecule has 0 saturated carbocycles. The molecule has 0 spiro atoms. The summed E-state index contributed by atoms with van der Waals surface area (Å²) >= 11 is 0. The van der Waals surface area contributed by atoms with Crippen molar-refractivity contribution in [2.75, 3.05) is 0 Å². The average molecular weight is 513 g/mol. The van der Waals surface area contributed by atoms with Gasteiger partial charge in [0.05, 0.1) is 16.7 Å². The van der Waals surface area contributed by atoms with Crippen molar-refractivity contribution in [2.24, 2.45) is 0 Å². The van der Waals surface area contributed by atoms with Crippen molar-refractivity contribution in [3.8, 4) is 28.7 Å². The zero-order chi connectivity index (χ0) is 26.5. The second-order valence-corrected chi connectivity index (χ2v) is 11.1. The second kappa shape index (κ2) is 7.80. The predicted molar refractivity (Wildman–Crippen MR) is 165 cm³/mol. The number of benzene rings is 6. The fraction of sp³-hybridized carbons (Fsp3) is 0.0556. The van der Waals surface area contributed by atoms with E-state index in [2.05, 4.69) is 128 Å². The number of hydrogen-bond donors (Lipinski definition) is 0. The minimum Gasteiger partial charge on any atom is -0.458 e. The van der Waals surface area contributed by atoms with Crippen LogP contribution in [0, 0.1) is 13.8 Å². The molecule has 3 heterocycles. The lowest BCUT2D eigenvalue weighted by atomic mass is 9.34. The minimum absolute atomic E-state index is 0.0299. The van der Waals surface area contributed by atoms with Gasteiger partial charge in [0.25, 0.3) is 6.71 Å². The zero-order valence-electron chi connectivity index (χ0n) is 22.2. The summed E-state index contributed by atoms with van der Waals surface area (Å²) in [6.07, 6.45) is 0. The normalized spacial score (nSPS) is 13.1. The van der Waals surface area contributed by atoms with Gasteiger partial charge in [-0.3, -0.25) is 0 Å². The van der Waals surface area contributed by atoms with Crippen LogP contribution < -0.4 is 25.9 Å². The van der Waals surface area contributed by atoms with Crippen LogP contribution >= 0.6 is 0 Å². The number of aryl methyl sites for hydroxylation is 2. The third-order valence-electron chi connectivity index (χ3n) is 8.60. The van der Waals surface area contributed by atoms with Crippen LogP contribution in [-0.2, 0) is 0 Å². The van der Waals surface area contributed by atoms with E-state index in [-0.39, 0.29) is 6.71 Å². The average Bonchev–Trinajstić information content (AvgIpc) is 3.29. The van der Waals surface area contributed by atoms with E-state index in [1.165, 1.54) is 54.6 Å². The van der Waals surface area contributed by atoms with Gasteiger partial charge in [-0.2, -0.15) is 0 Å². The number of ether oxygens (including phenoxy) is 2. The van der Waals surface area contributed by atoms with Crippen molar-refractivity contribution in [3.63, 3.8) is 0 Å². The van der Waals surface area contributed by atoms with Gasteiger partial charge in [0.2, 0.25) is 0 Å². The van der Waals surface area contributed by atoms with Gasteiger partial charge < -0.3 is 14.0 Å². The molecule has 0 saturated heterocycles. The van der Waals surface area contributed by atoms with Gasteiger partial charge in [0, 0.05) is 28.4 Å². The molecule has 7 aromatic rings. The smallest absolute Gasteiger partial charge is 0.261 e. The van der Waals surface area contributed by atoms with Crippen LogP contribution in [-0.4, -0.2) is 11.3 Å². The molecule has 40 heavy (non-hydrogen) atoms. The lowest BCUT2D eigenvalue weighted by molar-refractivity contribution is 0.464. The molecule has 0 aliphatic carbocycles. The van der Waals surface area contributed by atoms with Gasteiger partial charge in [0.1, 0.15) is 23.0 Å². The Kier molecular flexibility index (Phi) is 4.27. The standard InChI is InChI=1S/C36H24BNO2/c1-21-11-14-29-26(17-21)27-18-22(2)12-15-30(27)38(29)24-19-33-36-34(20-24)40-32-16-13-23-7-3-4-8-25(23)35(32)37(36)28-9-5-6-10-31(28)39-33/h3-20H,1-2H3. The summed E-state index contributed by atoms with van der Waals surface area (Å²) in [5.74, 6) is 3.51. The summed E-state index contributed by atoms with van der Waals surface area (Å²) in [6, 6.07) is 39.1. The molecular formula is C36H24BNO2. The molecule has 0 amide bonds. The molecule has 0 radical (unpaired) electrons. The summed E-state index contributed by atoms with van der Waals surface area (Å²) in [5.41, 5.74) is 9.36. The van der Waals surface area contributed by atoms with Crippen molar-refractivity contribution >= 4 is 55.7 Å². The molecule has 0 unspecified atom stereocenters. The lowest BCUT2D eigenvalue weighted by Crippen LogP contribution is -2.57. The van der Waals surface area contributed by atoms with Crippen molar-refractivity contribution in [2.45, 2.75) is 13.8 Å². The first kappa shape index (κ1) is 21.9. The van der Waals surface area contributed by atoms with E-state index < -0.39 is 0 Å². The Labute approximate surface area is 232 Å². The maximum atomic E-state index is 6.76. The van der Waals surface area contributed by atoms with Crippen molar-refractivity contribution in [3.05, 3.63) is 120 Å². The van der Waals surface area contributed by atoms with Crippen LogP contribution in [0.15, 0.2) is 109 Å². The number of para-hydroxylation sites is 1. The van der Waals surface area contributed by atoms with Gasteiger partial charge in [-0.05, 0) is 71.9 Å². The highest BCUT2D eigenvalue weighted by Gasteiger charge is 2.41. The molecule has 0 bridgehead atoms. The van der Waals surface area contributed by atoms with E-state index >= 15 is 0 Å². The van der Waals surface area contributed by atoms with E-state index in [1.54, 1.807) is 0 Å². The number of nitrogens with zero attached hydrogens (tertiary/aromatic N) is 1. The lowest BCUT2D eigenvalue weighted by Gasteiger charge is -2.34.